The van der Waals surface area contributed by atoms with E-state index in [0.717, 1.165) is 5.69 Å². The number of piperazine rings is 1. The summed E-state index contributed by atoms with van der Waals surface area (Å²) in [6.07, 6.45) is 0. The van der Waals surface area contributed by atoms with Crippen molar-refractivity contribution in [2.75, 3.05) is 62.3 Å². The van der Waals surface area contributed by atoms with Crippen molar-refractivity contribution in [3.8, 4) is 0 Å². The van der Waals surface area contributed by atoms with Crippen molar-refractivity contribution >= 4 is 46.2 Å². The number of nitrogens with zero attached hydrogens (tertiary/aromatic N) is 4. The van der Waals surface area contributed by atoms with Crippen LogP contribution >= 0.6 is 23.2 Å². The Bertz CT molecular complexity index is 989. The van der Waals surface area contributed by atoms with Crippen molar-refractivity contribution in [2.45, 2.75) is 0 Å². The van der Waals surface area contributed by atoms with Crippen LogP contribution in [0.25, 0.3) is 0 Å². The summed E-state index contributed by atoms with van der Waals surface area (Å²) >= 11 is 12.5. The van der Waals surface area contributed by atoms with Crippen LogP contribution in [0, 0.1) is 10.1 Å². The van der Waals surface area contributed by atoms with Gasteiger partial charge >= 0.3 is 0 Å². The third-order valence-electron chi connectivity index (χ3n) is 5.61. The summed E-state index contributed by atoms with van der Waals surface area (Å²) < 4.78 is 5.40. The maximum absolute atomic E-state index is 13.4. The fourth-order valence-electron chi connectivity index (χ4n) is 3.95. The normalized spacial score (nSPS) is 17.0. The molecule has 1 amide bonds. The number of carbonyl (C=O) groups excluding carboxylic acids is 1. The molecule has 0 saturated carbocycles. The monoisotopic (exact) mass is 464 g/mol. The Kier molecular flexibility index (Phi) is 6.50. The van der Waals surface area contributed by atoms with E-state index in [4.69, 9.17) is 27.9 Å². The topological polar surface area (TPSA) is 79.2 Å². The average Bonchev–Trinajstić information content (AvgIpc) is 2.80. The third-order valence-corrected chi connectivity index (χ3v) is 6.42. The zero-order valence-corrected chi connectivity index (χ0v) is 18.3. The lowest BCUT2D eigenvalue weighted by Crippen LogP contribution is -2.49. The Balaban J connectivity index is 1.54. The minimum atomic E-state index is -0.473. The predicted octanol–water partition coefficient (Wildman–Crippen LogP) is 3.70. The number of nitro groups is 1. The van der Waals surface area contributed by atoms with Crippen molar-refractivity contribution in [1.29, 1.82) is 0 Å². The minimum Gasteiger partial charge on any atom is -0.378 e. The van der Waals surface area contributed by atoms with Crippen molar-refractivity contribution in [3.05, 3.63) is 62.1 Å². The van der Waals surface area contributed by atoms with Gasteiger partial charge in [-0.25, -0.2) is 0 Å². The first-order chi connectivity index (χ1) is 15.0. The van der Waals surface area contributed by atoms with Gasteiger partial charge in [0, 0.05) is 51.4 Å². The SMILES string of the molecule is O=C(c1cc([N+](=O)[O-])ccc1N1CCOCC1)N1CCN(c2cccc(Cl)c2Cl)CC1. The van der Waals surface area contributed by atoms with Gasteiger partial charge in [0.05, 0.1) is 45.1 Å². The van der Waals surface area contributed by atoms with E-state index in [2.05, 4.69) is 4.90 Å². The zero-order chi connectivity index (χ0) is 22.0. The zero-order valence-electron chi connectivity index (χ0n) is 16.8. The number of carbonyl (C=O) groups is 1. The van der Waals surface area contributed by atoms with E-state index in [-0.39, 0.29) is 11.6 Å². The second-order valence-electron chi connectivity index (χ2n) is 7.41. The van der Waals surface area contributed by atoms with Crippen LogP contribution < -0.4 is 9.80 Å². The summed E-state index contributed by atoms with van der Waals surface area (Å²) in [7, 11) is 0. The number of anilines is 2. The molecule has 2 saturated heterocycles. The summed E-state index contributed by atoms with van der Waals surface area (Å²) in [5.41, 5.74) is 1.81. The molecule has 2 aliphatic heterocycles. The van der Waals surface area contributed by atoms with Crippen molar-refractivity contribution in [3.63, 3.8) is 0 Å². The molecule has 2 aromatic carbocycles. The Morgan fingerprint density at radius 3 is 2.29 bits per heavy atom. The Morgan fingerprint density at radius 1 is 0.935 bits per heavy atom. The van der Waals surface area contributed by atoms with E-state index in [0.29, 0.717) is 73.8 Å². The summed E-state index contributed by atoms with van der Waals surface area (Å²) in [4.78, 5) is 30.1. The smallest absolute Gasteiger partial charge is 0.270 e. The fraction of sp³-hybridized carbons (Fsp3) is 0.381. The lowest BCUT2D eigenvalue weighted by molar-refractivity contribution is -0.384. The highest BCUT2D eigenvalue weighted by Gasteiger charge is 2.28. The van der Waals surface area contributed by atoms with Crippen LogP contribution in [0.1, 0.15) is 10.4 Å². The van der Waals surface area contributed by atoms with Crippen LogP contribution in [0.3, 0.4) is 0 Å². The molecule has 2 aromatic rings. The predicted molar refractivity (Wildman–Crippen MR) is 121 cm³/mol. The molecule has 0 aromatic heterocycles. The fourth-order valence-corrected chi connectivity index (χ4v) is 4.36. The highest BCUT2D eigenvalue weighted by molar-refractivity contribution is 6.43. The molecular formula is C21H22Cl2N4O4. The molecule has 0 aliphatic carbocycles. The summed E-state index contributed by atoms with van der Waals surface area (Å²) in [5, 5.41) is 12.3. The molecule has 4 rings (SSSR count). The number of nitro benzene ring substituents is 1. The number of hydrogen-bond donors (Lipinski definition) is 0. The van der Waals surface area contributed by atoms with Gasteiger partial charge in [-0.05, 0) is 18.2 Å². The first-order valence-electron chi connectivity index (χ1n) is 10.0. The van der Waals surface area contributed by atoms with Gasteiger partial charge in [0.15, 0.2) is 0 Å². The van der Waals surface area contributed by atoms with Crippen LogP contribution in [0.5, 0.6) is 0 Å². The molecular weight excluding hydrogens is 443 g/mol. The highest BCUT2D eigenvalue weighted by Crippen LogP contribution is 2.33. The average molecular weight is 465 g/mol. The first kappa shape index (κ1) is 21.7. The van der Waals surface area contributed by atoms with E-state index in [9.17, 15) is 14.9 Å². The third kappa shape index (κ3) is 4.56. The molecule has 2 heterocycles. The minimum absolute atomic E-state index is 0.0929. The van der Waals surface area contributed by atoms with E-state index < -0.39 is 4.92 Å². The Morgan fingerprint density at radius 2 is 1.61 bits per heavy atom. The maximum atomic E-state index is 13.4. The highest BCUT2D eigenvalue weighted by atomic mass is 35.5. The first-order valence-corrected chi connectivity index (χ1v) is 10.8. The van der Waals surface area contributed by atoms with Gasteiger partial charge in [0.1, 0.15) is 0 Å². The quantitative estimate of drug-likeness (QED) is 0.506. The van der Waals surface area contributed by atoms with Gasteiger partial charge < -0.3 is 19.4 Å². The summed E-state index contributed by atoms with van der Waals surface area (Å²) in [5.74, 6) is -0.206. The number of non-ortho nitro benzene ring substituents is 1. The molecule has 2 aliphatic rings. The van der Waals surface area contributed by atoms with Crippen LogP contribution in [0.2, 0.25) is 10.0 Å². The van der Waals surface area contributed by atoms with Crippen molar-refractivity contribution in [1.82, 2.24) is 4.90 Å². The lowest BCUT2D eigenvalue weighted by Gasteiger charge is -2.37. The molecule has 0 bridgehead atoms. The van der Waals surface area contributed by atoms with E-state index in [1.165, 1.54) is 12.1 Å². The van der Waals surface area contributed by atoms with Crippen molar-refractivity contribution < 1.29 is 14.5 Å². The molecule has 2 fully saturated rings. The van der Waals surface area contributed by atoms with Crippen LogP contribution in [-0.4, -0.2) is 68.2 Å². The number of hydrogen-bond acceptors (Lipinski definition) is 6. The number of amides is 1. The van der Waals surface area contributed by atoms with Crippen LogP contribution in [0.15, 0.2) is 36.4 Å². The number of ether oxygens (including phenoxy) is 1. The van der Waals surface area contributed by atoms with Crippen LogP contribution in [-0.2, 0) is 4.74 Å². The van der Waals surface area contributed by atoms with Gasteiger partial charge in [-0.15, -0.1) is 0 Å². The van der Waals surface area contributed by atoms with E-state index in [1.54, 1.807) is 17.0 Å². The number of rotatable bonds is 4. The molecule has 0 spiro atoms. The number of morpholine rings is 1. The van der Waals surface area contributed by atoms with Gasteiger partial charge in [-0.3, -0.25) is 14.9 Å². The second-order valence-corrected chi connectivity index (χ2v) is 8.20. The number of benzene rings is 2. The largest absolute Gasteiger partial charge is 0.378 e. The Hall–Kier alpha value is -2.55. The summed E-state index contributed by atoms with van der Waals surface area (Å²) in [6.45, 7) is 4.53. The van der Waals surface area contributed by atoms with Gasteiger partial charge in [0.25, 0.3) is 11.6 Å². The second kappa shape index (κ2) is 9.30. The lowest BCUT2D eigenvalue weighted by atomic mass is 10.1. The van der Waals surface area contributed by atoms with Crippen molar-refractivity contribution in [2.24, 2.45) is 0 Å². The molecule has 10 heteroatoms. The Labute approximate surface area is 190 Å². The molecule has 0 unspecified atom stereocenters. The molecule has 164 valence electrons. The number of halogens is 2. The molecule has 0 N–H and O–H groups in total. The van der Waals surface area contributed by atoms with Gasteiger partial charge in [-0.1, -0.05) is 29.3 Å². The molecule has 0 radical (unpaired) electrons. The van der Waals surface area contributed by atoms with Gasteiger partial charge in [0.2, 0.25) is 0 Å². The standard InChI is InChI=1S/C21H22Cl2N4O4/c22-17-2-1-3-19(20(17)23)24-6-8-26(9-7-24)21(28)16-14-15(27(29)30)4-5-18(16)25-10-12-31-13-11-25/h1-5,14H,6-13H2. The van der Waals surface area contributed by atoms with Gasteiger partial charge in [-0.2, -0.15) is 0 Å². The molecule has 0 atom stereocenters. The maximum Gasteiger partial charge on any atom is 0.270 e. The summed E-state index contributed by atoms with van der Waals surface area (Å²) in [6, 6.07) is 9.98. The van der Waals surface area contributed by atoms with Crippen LogP contribution in [0.4, 0.5) is 17.1 Å². The van der Waals surface area contributed by atoms with E-state index in [1.807, 2.05) is 17.0 Å². The van der Waals surface area contributed by atoms with E-state index >= 15 is 0 Å². The molecule has 8 nitrogen and oxygen atoms in total. The molecule has 31 heavy (non-hydrogen) atoms.